The predicted octanol–water partition coefficient (Wildman–Crippen LogP) is 5.10. The van der Waals surface area contributed by atoms with E-state index in [4.69, 9.17) is 5.10 Å². The van der Waals surface area contributed by atoms with Gasteiger partial charge in [-0.15, -0.1) is 0 Å². The van der Waals surface area contributed by atoms with Gasteiger partial charge in [-0.05, 0) is 44.0 Å². The molecule has 5 nitrogen and oxygen atoms in total. The average molecular weight is 425 g/mol. The first-order valence-corrected chi connectivity index (χ1v) is 11.1. The van der Waals surface area contributed by atoms with Crippen molar-refractivity contribution in [3.8, 4) is 5.82 Å². The molecular weight excluding hydrogens is 396 g/mol. The molecule has 2 aromatic heterocycles. The number of aromatic nitrogens is 3. The highest BCUT2D eigenvalue weighted by Gasteiger charge is 2.36. The second-order valence-corrected chi connectivity index (χ2v) is 9.37. The third kappa shape index (κ3) is 3.54. The van der Waals surface area contributed by atoms with E-state index in [1.54, 1.807) is 0 Å². The van der Waals surface area contributed by atoms with E-state index >= 15 is 0 Å². The zero-order valence-electron chi connectivity index (χ0n) is 18.8. The summed E-state index contributed by atoms with van der Waals surface area (Å²) in [6.45, 7) is 7.57. The summed E-state index contributed by atoms with van der Waals surface area (Å²) < 4.78 is 4.20. The van der Waals surface area contributed by atoms with Gasteiger partial charge in [0.2, 0.25) is 5.91 Å². The van der Waals surface area contributed by atoms with Crippen LogP contribution in [0.3, 0.4) is 0 Å². The van der Waals surface area contributed by atoms with E-state index in [2.05, 4.69) is 30.0 Å². The second kappa shape index (κ2) is 7.83. The third-order valence-electron chi connectivity index (χ3n) is 6.04. The van der Waals surface area contributed by atoms with Gasteiger partial charge in [0.1, 0.15) is 5.82 Å². The van der Waals surface area contributed by atoms with Crippen LogP contribution >= 0.6 is 0 Å². The summed E-state index contributed by atoms with van der Waals surface area (Å²) in [5.74, 6) is 0.830. The van der Waals surface area contributed by atoms with Gasteiger partial charge in [-0.25, -0.2) is 4.68 Å². The van der Waals surface area contributed by atoms with Gasteiger partial charge in [0, 0.05) is 18.0 Å². The molecule has 0 saturated heterocycles. The lowest BCUT2D eigenvalue weighted by Crippen LogP contribution is -2.33. The van der Waals surface area contributed by atoms with Crippen molar-refractivity contribution >= 4 is 5.91 Å². The van der Waals surface area contributed by atoms with Crippen LogP contribution < -0.4 is 0 Å². The van der Waals surface area contributed by atoms with Crippen molar-refractivity contribution < 1.29 is 4.79 Å². The second-order valence-electron chi connectivity index (χ2n) is 9.37. The van der Waals surface area contributed by atoms with Crippen LogP contribution in [0.25, 0.3) is 5.82 Å². The van der Waals surface area contributed by atoms with Crippen molar-refractivity contribution in [1.82, 2.24) is 19.2 Å². The van der Waals surface area contributed by atoms with Gasteiger partial charge in [0.05, 0.1) is 30.2 Å². The lowest BCUT2D eigenvalue weighted by atomic mass is 9.90. The van der Waals surface area contributed by atoms with Crippen LogP contribution in [-0.2, 0) is 23.4 Å². The lowest BCUT2D eigenvalue weighted by molar-refractivity contribution is -0.132. The molecule has 3 heterocycles. The smallest absolute Gasteiger partial charge is 0.235 e. The number of amides is 1. The van der Waals surface area contributed by atoms with Crippen LogP contribution in [0.1, 0.15) is 49.1 Å². The number of hydrogen-bond donors (Lipinski definition) is 0. The van der Waals surface area contributed by atoms with E-state index in [0.717, 1.165) is 28.2 Å². The van der Waals surface area contributed by atoms with Crippen molar-refractivity contribution in [2.24, 2.45) is 0 Å². The summed E-state index contributed by atoms with van der Waals surface area (Å²) in [6.07, 6.45) is 4.08. The Hall–Kier alpha value is -3.60. The Morgan fingerprint density at radius 3 is 1.94 bits per heavy atom. The molecule has 0 radical (unpaired) electrons. The van der Waals surface area contributed by atoms with Crippen LogP contribution in [0, 0.1) is 0 Å². The molecule has 0 bridgehead atoms. The highest BCUT2D eigenvalue weighted by molar-refractivity contribution is 5.87. The van der Waals surface area contributed by atoms with E-state index in [-0.39, 0.29) is 17.4 Å². The molecule has 4 aromatic rings. The van der Waals surface area contributed by atoms with E-state index in [1.807, 2.05) is 90.1 Å². The average Bonchev–Trinajstić information content (AvgIpc) is 3.51. The molecule has 0 fully saturated rings. The fourth-order valence-corrected chi connectivity index (χ4v) is 4.52. The van der Waals surface area contributed by atoms with Gasteiger partial charge in [-0.1, -0.05) is 60.7 Å². The minimum Gasteiger partial charge on any atom is -0.331 e. The van der Waals surface area contributed by atoms with Crippen LogP contribution in [0.5, 0.6) is 0 Å². The van der Waals surface area contributed by atoms with Gasteiger partial charge in [0.15, 0.2) is 0 Å². The van der Waals surface area contributed by atoms with Crippen LogP contribution in [0.15, 0.2) is 85.2 Å². The molecule has 32 heavy (non-hydrogen) atoms. The minimum absolute atomic E-state index is 0.112. The Balaban J connectivity index is 1.52. The van der Waals surface area contributed by atoms with Crippen molar-refractivity contribution in [1.29, 1.82) is 0 Å². The molecule has 5 heteroatoms. The maximum atomic E-state index is 13.9. The largest absolute Gasteiger partial charge is 0.331 e. The quantitative estimate of drug-likeness (QED) is 0.457. The number of rotatable bonds is 4. The molecule has 0 unspecified atom stereocenters. The summed E-state index contributed by atoms with van der Waals surface area (Å²) in [7, 11) is 0. The van der Waals surface area contributed by atoms with Gasteiger partial charge >= 0.3 is 0 Å². The maximum Gasteiger partial charge on any atom is 0.235 e. The molecule has 0 atom stereocenters. The first kappa shape index (κ1) is 20.3. The van der Waals surface area contributed by atoms with Gasteiger partial charge < -0.3 is 9.47 Å². The number of carbonyl (C=O) groups excluding carboxylic acids is 1. The van der Waals surface area contributed by atoms with Crippen LogP contribution in [0.2, 0.25) is 0 Å². The summed E-state index contributed by atoms with van der Waals surface area (Å²) in [5.41, 5.74) is 3.98. The van der Waals surface area contributed by atoms with Crippen molar-refractivity contribution in [3.63, 3.8) is 0 Å². The fourth-order valence-electron chi connectivity index (χ4n) is 4.52. The normalized spacial score (nSPS) is 13.6. The van der Waals surface area contributed by atoms with Crippen molar-refractivity contribution in [2.75, 3.05) is 0 Å². The first-order valence-electron chi connectivity index (χ1n) is 11.1. The summed E-state index contributed by atoms with van der Waals surface area (Å²) >= 11 is 0. The van der Waals surface area contributed by atoms with E-state index < -0.39 is 0 Å². The number of nitrogens with zero attached hydrogens (tertiary/aromatic N) is 4. The zero-order chi connectivity index (χ0) is 22.3. The predicted molar refractivity (Wildman–Crippen MR) is 126 cm³/mol. The first-order chi connectivity index (χ1) is 15.4. The highest BCUT2D eigenvalue weighted by Crippen LogP contribution is 2.35. The SMILES string of the molecule is CC(C)(C)n1nc2c(c1-n1cccc1)CN(C(=O)C(c1ccccc1)c1ccccc1)C2. The Kier molecular flexibility index (Phi) is 4.97. The minimum atomic E-state index is -0.328. The topological polar surface area (TPSA) is 43.1 Å². The van der Waals surface area contributed by atoms with Crippen molar-refractivity contribution in [3.05, 3.63) is 108 Å². The van der Waals surface area contributed by atoms with Crippen LogP contribution in [0.4, 0.5) is 0 Å². The Labute approximate surface area is 188 Å². The van der Waals surface area contributed by atoms with Crippen LogP contribution in [-0.4, -0.2) is 25.2 Å². The van der Waals surface area contributed by atoms with E-state index in [0.29, 0.717) is 13.1 Å². The zero-order valence-corrected chi connectivity index (χ0v) is 18.8. The Morgan fingerprint density at radius 1 is 0.844 bits per heavy atom. The molecule has 162 valence electrons. The maximum absolute atomic E-state index is 13.9. The van der Waals surface area contributed by atoms with E-state index in [1.165, 1.54) is 0 Å². The number of carbonyl (C=O) groups is 1. The van der Waals surface area contributed by atoms with Crippen molar-refractivity contribution in [2.45, 2.75) is 45.3 Å². The molecule has 0 N–H and O–H groups in total. The molecule has 5 rings (SSSR count). The number of hydrogen-bond acceptors (Lipinski definition) is 2. The molecule has 0 aliphatic carbocycles. The monoisotopic (exact) mass is 424 g/mol. The molecule has 0 spiro atoms. The number of benzene rings is 2. The lowest BCUT2D eigenvalue weighted by Gasteiger charge is -2.26. The highest BCUT2D eigenvalue weighted by atomic mass is 16.2. The molecule has 0 saturated carbocycles. The Morgan fingerprint density at radius 2 is 1.41 bits per heavy atom. The summed E-state index contributed by atoms with van der Waals surface area (Å²) in [6, 6.07) is 24.1. The molecular formula is C27H28N4O. The molecule has 1 aliphatic heterocycles. The molecule has 1 amide bonds. The van der Waals surface area contributed by atoms with E-state index in [9.17, 15) is 4.79 Å². The molecule has 1 aliphatic rings. The molecule has 2 aromatic carbocycles. The summed E-state index contributed by atoms with van der Waals surface area (Å²) in [4.78, 5) is 15.8. The van der Waals surface area contributed by atoms with Gasteiger partial charge in [0.25, 0.3) is 0 Å². The standard InChI is InChI=1S/C27H28N4O/c1-27(2,3)31-25(29-16-10-11-17-29)22-18-30(19-23(22)28-31)26(32)24(20-12-6-4-7-13-20)21-14-8-5-9-15-21/h4-17,24H,18-19H2,1-3H3. The third-order valence-corrected chi connectivity index (χ3v) is 6.04. The van der Waals surface area contributed by atoms with Gasteiger partial charge in [-0.2, -0.15) is 5.10 Å². The number of fused-ring (bicyclic) bond motifs is 1. The summed E-state index contributed by atoms with van der Waals surface area (Å²) in [5, 5.41) is 4.96. The fraction of sp³-hybridized carbons (Fsp3) is 0.259. The van der Waals surface area contributed by atoms with Gasteiger partial charge in [-0.3, -0.25) is 4.79 Å². The Bertz CT molecular complexity index is 1180.